The van der Waals surface area contributed by atoms with E-state index in [-0.39, 0.29) is 0 Å². The van der Waals surface area contributed by atoms with Crippen LogP contribution in [0.15, 0.2) is 43.2 Å². The lowest BCUT2D eigenvalue weighted by atomic mass is 10.4. The highest BCUT2D eigenvalue weighted by molar-refractivity contribution is 7.80. The molecule has 0 spiro atoms. The van der Waals surface area contributed by atoms with Gasteiger partial charge in [0.05, 0.1) is 0 Å². The highest BCUT2D eigenvalue weighted by Gasteiger charge is 2.16. The van der Waals surface area contributed by atoms with E-state index in [0.29, 0.717) is 0 Å². The molecule has 0 N–H and O–H groups in total. The molecule has 1 rings (SSSR count). The minimum atomic E-state index is -4.73. The number of nitrogens with zero attached hydrogens (tertiary/aromatic N) is 1. The van der Waals surface area contributed by atoms with Crippen LogP contribution in [0.3, 0.4) is 0 Å². The third-order valence-corrected chi connectivity index (χ3v) is 1.88. The molecule has 1 atom stereocenters. The summed E-state index contributed by atoms with van der Waals surface area (Å²) in [5.74, 6) is 0. The quantitative estimate of drug-likeness (QED) is 0.310. The molecule has 76 valence electrons. The molecular weight excluding hydrogens is 206 g/mol. The van der Waals surface area contributed by atoms with Gasteiger partial charge in [0.2, 0.25) is 10.4 Å². The van der Waals surface area contributed by atoms with E-state index in [0.717, 1.165) is 0 Å². The molecule has 0 fully saturated rings. The van der Waals surface area contributed by atoms with Crippen LogP contribution < -0.4 is 4.57 Å². The summed E-state index contributed by atoms with van der Waals surface area (Å²) >= 11 is 0. The van der Waals surface area contributed by atoms with Crippen molar-refractivity contribution in [2.75, 3.05) is 0 Å². The Bertz CT molecular complexity index is 401. The van der Waals surface area contributed by atoms with E-state index in [4.69, 9.17) is 0 Å². The summed E-state index contributed by atoms with van der Waals surface area (Å²) < 4.78 is 36.6. The van der Waals surface area contributed by atoms with E-state index in [2.05, 4.69) is 10.8 Å². The predicted octanol–water partition coefficient (Wildman–Crippen LogP) is 0.135. The molecule has 1 aromatic rings. The molecule has 6 heteroatoms. The van der Waals surface area contributed by atoms with Crippen LogP contribution in [0.5, 0.6) is 0 Å². The van der Waals surface area contributed by atoms with Crippen molar-refractivity contribution in [2.24, 2.45) is 0 Å². The van der Waals surface area contributed by atoms with Gasteiger partial charge in [-0.2, -0.15) is 4.57 Å². The summed E-state index contributed by atoms with van der Waals surface area (Å²) in [6, 6.07) is 5.11. The molecule has 5 nitrogen and oxygen atoms in total. The van der Waals surface area contributed by atoms with Crippen molar-refractivity contribution >= 4 is 10.4 Å². The zero-order valence-corrected chi connectivity index (χ0v) is 8.05. The van der Waals surface area contributed by atoms with Gasteiger partial charge >= 0.3 is 0 Å². The fraction of sp³-hybridized carbons (Fsp3) is 0.125. The summed E-state index contributed by atoms with van der Waals surface area (Å²) in [5, 5.41) is 0. The Balaban J connectivity index is 2.89. The molecule has 0 amide bonds. The van der Waals surface area contributed by atoms with Crippen LogP contribution in [-0.2, 0) is 14.6 Å². The maximum atomic E-state index is 10.3. The molecule has 0 aliphatic heterocycles. The third kappa shape index (κ3) is 3.25. The molecule has 14 heavy (non-hydrogen) atoms. The van der Waals surface area contributed by atoms with Crippen LogP contribution in [0.1, 0.15) is 6.23 Å². The molecule has 0 aliphatic carbocycles. The second kappa shape index (κ2) is 4.32. The lowest BCUT2D eigenvalue weighted by Crippen LogP contribution is -2.39. The van der Waals surface area contributed by atoms with Crippen LogP contribution in [0.25, 0.3) is 0 Å². The van der Waals surface area contributed by atoms with Gasteiger partial charge in [-0.1, -0.05) is 12.6 Å². The SMILES string of the molecule is C=CC(OS(=O)(=O)[O-])[n+]1ccccc1. The second-order valence-corrected chi connectivity index (χ2v) is 3.46. The molecule has 0 radical (unpaired) electrons. The Hall–Kier alpha value is -1.24. The van der Waals surface area contributed by atoms with E-state index in [9.17, 15) is 13.0 Å². The summed E-state index contributed by atoms with van der Waals surface area (Å²) in [7, 11) is -4.73. The number of hydrogen-bond acceptors (Lipinski definition) is 4. The highest BCUT2D eigenvalue weighted by atomic mass is 32.3. The standard InChI is InChI=1S/C8H9NO4S/c1-2-8(13-14(10,11)12)9-6-4-3-5-7-9/h2-8H,1H2. The van der Waals surface area contributed by atoms with Gasteiger partial charge in [0, 0.05) is 18.2 Å². The lowest BCUT2D eigenvalue weighted by molar-refractivity contribution is -0.742. The summed E-state index contributed by atoms with van der Waals surface area (Å²) in [6.07, 6.45) is 3.35. The van der Waals surface area contributed by atoms with Crippen molar-refractivity contribution in [3.05, 3.63) is 43.2 Å². The fourth-order valence-electron chi connectivity index (χ4n) is 0.913. The monoisotopic (exact) mass is 215 g/mol. The first-order chi connectivity index (χ1) is 6.53. The smallest absolute Gasteiger partial charge is 0.296 e. The van der Waals surface area contributed by atoms with Crippen LogP contribution in [0.4, 0.5) is 0 Å². The van der Waals surface area contributed by atoms with Gasteiger partial charge in [0.1, 0.15) is 0 Å². The van der Waals surface area contributed by atoms with Gasteiger partial charge in [-0.3, -0.25) is 0 Å². The Morgan fingerprint density at radius 2 is 1.93 bits per heavy atom. The van der Waals surface area contributed by atoms with Gasteiger partial charge in [-0.15, -0.1) is 0 Å². The molecule has 0 aliphatic rings. The maximum Gasteiger partial charge on any atom is 0.296 e. The average molecular weight is 215 g/mol. The Morgan fingerprint density at radius 1 is 1.36 bits per heavy atom. The Kier molecular flexibility index (Phi) is 3.34. The van der Waals surface area contributed by atoms with Gasteiger partial charge in [-0.25, -0.2) is 12.6 Å². The molecule has 0 saturated carbocycles. The number of pyridine rings is 1. The number of hydrogen-bond donors (Lipinski definition) is 0. The van der Waals surface area contributed by atoms with Gasteiger partial charge in [0.25, 0.3) is 6.23 Å². The molecule has 0 saturated heterocycles. The first-order valence-corrected chi connectivity index (χ1v) is 5.09. The molecule has 1 aromatic heterocycles. The van der Waals surface area contributed by atoms with Crippen LogP contribution >= 0.6 is 0 Å². The average Bonchev–Trinajstić information content (AvgIpc) is 2.14. The predicted molar refractivity (Wildman–Crippen MR) is 46.7 cm³/mol. The van der Waals surface area contributed by atoms with E-state index in [1.54, 1.807) is 30.6 Å². The third-order valence-electron chi connectivity index (χ3n) is 1.45. The van der Waals surface area contributed by atoms with Gasteiger partial charge in [0.15, 0.2) is 12.4 Å². The molecular formula is C8H9NO4S. The van der Waals surface area contributed by atoms with Crippen molar-refractivity contribution in [3.8, 4) is 0 Å². The minimum Gasteiger partial charge on any atom is -0.725 e. The van der Waals surface area contributed by atoms with Crippen LogP contribution in [0, 0.1) is 0 Å². The largest absolute Gasteiger partial charge is 0.725 e. The van der Waals surface area contributed by atoms with Crippen LogP contribution in [0.2, 0.25) is 0 Å². The number of rotatable bonds is 4. The summed E-state index contributed by atoms with van der Waals surface area (Å²) in [5.41, 5.74) is 0. The highest BCUT2D eigenvalue weighted by Crippen LogP contribution is 2.03. The minimum absolute atomic E-state index is 1.00. The van der Waals surface area contributed by atoms with Gasteiger partial charge in [-0.05, 0) is 0 Å². The first kappa shape index (κ1) is 10.8. The lowest BCUT2D eigenvalue weighted by Gasteiger charge is -2.10. The topological polar surface area (TPSA) is 70.3 Å². The van der Waals surface area contributed by atoms with E-state index < -0.39 is 16.6 Å². The van der Waals surface area contributed by atoms with Crippen molar-refractivity contribution in [2.45, 2.75) is 6.23 Å². The van der Waals surface area contributed by atoms with E-state index >= 15 is 0 Å². The Morgan fingerprint density at radius 3 is 2.36 bits per heavy atom. The van der Waals surface area contributed by atoms with Crippen molar-refractivity contribution in [1.82, 2.24) is 0 Å². The zero-order valence-electron chi connectivity index (χ0n) is 7.24. The van der Waals surface area contributed by atoms with E-state index in [1.165, 1.54) is 10.6 Å². The molecule has 1 heterocycles. The fourth-order valence-corrected chi connectivity index (χ4v) is 1.33. The number of aromatic nitrogens is 1. The first-order valence-electron chi connectivity index (χ1n) is 3.75. The van der Waals surface area contributed by atoms with Crippen molar-refractivity contribution in [3.63, 3.8) is 0 Å². The van der Waals surface area contributed by atoms with E-state index in [1.807, 2.05) is 0 Å². The second-order valence-electron chi connectivity index (χ2n) is 2.45. The molecule has 0 aromatic carbocycles. The summed E-state index contributed by atoms with van der Waals surface area (Å²) in [4.78, 5) is 0. The normalized spacial score (nSPS) is 13.5. The molecule has 0 bridgehead atoms. The Labute approximate surface area is 82.2 Å². The maximum absolute atomic E-state index is 10.3. The van der Waals surface area contributed by atoms with Crippen molar-refractivity contribution in [1.29, 1.82) is 0 Å². The molecule has 1 unspecified atom stereocenters. The van der Waals surface area contributed by atoms with Crippen LogP contribution in [-0.4, -0.2) is 13.0 Å². The summed E-state index contributed by atoms with van der Waals surface area (Å²) in [6.45, 7) is 3.37. The zero-order chi connectivity index (χ0) is 10.6. The van der Waals surface area contributed by atoms with Gasteiger partial charge < -0.3 is 4.55 Å². The van der Waals surface area contributed by atoms with Crippen molar-refractivity contribution < 1.29 is 21.7 Å².